The number of fused-ring (bicyclic) bond motifs is 1. The zero-order chi connectivity index (χ0) is 18.8. The van der Waals surface area contributed by atoms with Gasteiger partial charge in [0.15, 0.2) is 0 Å². The number of benzene rings is 2. The van der Waals surface area contributed by atoms with E-state index in [1.54, 1.807) is 24.4 Å². The Bertz CT molecular complexity index is 1130. The summed E-state index contributed by atoms with van der Waals surface area (Å²) < 4.78 is 1.95. The van der Waals surface area contributed by atoms with Crippen molar-refractivity contribution in [2.24, 2.45) is 0 Å². The van der Waals surface area contributed by atoms with Crippen LogP contribution in [0.1, 0.15) is 16.1 Å². The Balaban J connectivity index is 1.78. The van der Waals surface area contributed by atoms with Gasteiger partial charge in [-0.05, 0) is 48.3 Å². The van der Waals surface area contributed by atoms with E-state index in [2.05, 4.69) is 10.2 Å². The van der Waals surface area contributed by atoms with E-state index in [4.69, 9.17) is 11.6 Å². The molecule has 0 saturated carbocycles. The molecule has 2 aromatic heterocycles. The standard InChI is InChI=1S/C20H14ClN3O2S/c21-13-6-7-18-15(10-13)16(12-24(18)27-14-4-2-1-3-5-14)19(25)11-20(26)17-8-9-22-23-17/h1-12,25H,(H,22,23). The first-order valence-corrected chi connectivity index (χ1v) is 9.26. The lowest BCUT2D eigenvalue weighted by atomic mass is 10.1. The third-order valence-corrected chi connectivity index (χ3v) is 5.21. The molecule has 0 fully saturated rings. The van der Waals surface area contributed by atoms with Gasteiger partial charge in [-0.1, -0.05) is 29.8 Å². The van der Waals surface area contributed by atoms with Gasteiger partial charge in [0.1, 0.15) is 11.5 Å². The summed E-state index contributed by atoms with van der Waals surface area (Å²) in [6.07, 6.45) is 4.46. The number of halogens is 1. The molecule has 0 unspecified atom stereocenters. The summed E-state index contributed by atoms with van der Waals surface area (Å²) in [5, 5.41) is 18.3. The van der Waals surface area contributed by atoms with Gasteiger partial charge < -0.3 is 5.11 Å². The molecule has 0 aliphatic carbocycles. The molecule has 134 valence electrons. The van der Waals surface area contributed by atoms with Crippen molar-refractivity contribution in [2.45, 2.75) is 4.90 Å². The van der Waals surface area contributed by atoms with E-state index in [1.807, 2.05) is 40.4 Å². The van der Waals surface area contributed by atoms with Gasteiger partial charge in [0.25, 0.3) is 0 Å². The van der Waals surface area contributed by atoms with Gasteiger partial charge in [-0.3, -0.25) is 13.9 Å². The summed E-state index contributed by atoms with van der Waals surface area (Å²) >= 11 is 7.67. The van der Waals surface area contributed by atoms with E-state index in [9.17, 15) is 9.90 Å². The maximum atomic E-state index is 12.2. The summed E-state index contributed by atoms with van der Waals surface area (Å²) in [6, 6.07) is 16.9. The van der Waals surface area contributed by atoms with E-state index >= 15 is 0 Å². The molecule has 4 rings (SSSR count). The molecule has 4 aromatic rings. The molecule has 0 aliphatic heterocycles. The number of H-pyrrole nitrogens is 1. The number of carbonyl (C=O) groups excluding carboxylic acids is 1. The number of nitrogens with zero attached hydrogens (tertiary/aromatic N) is 2. The lowest BCUT2D eigenvalue weighted by Gasteiger charge is -2.03. The number of hydrogen-bond donors (Lipinski definition) is 2. The fourth-order valence-corrected chi connectivity index (χ4v) is 3.81. The molecule has 5 nitrogen and oxygen atoms in total. The van der Waals surface area contributed by atoms with Crippen molar-refractivity contribution < 1.29 is 9.90 Å². The second-order valence-corrected chi connectivity index (χ2v) is 7.28. The Morgan fingerprint density at radius 2 is 2.00 bits per heavy atom. The van der Waals surface area contributed by atoms with Gasteiger partial charge >= 0.3 is 0 Å². The molecule has 0 aliphatic rings. The Hall–Kier alpha value is -2.96. The second-order valence-electron chi connectivity index (χ2n) is 5.80. The molecule has 2 N–H and O–H groups in total. The fraction of sp³-hybridized carbons (Fsp3) is 0. The molecule has 0 atom stereocenters. The lowest BCUT2D eigenvalue weighted by Crippen LogP contribution is -1.97. The quantitative estimate of drug-likeness (QED) is 0.271. The van der Waals surface area contributed by atoms with Crippen LogP contribution in [0, 0.1) is 0 Å². The van der Waals surface area contributed by atoms with E-state index in [1.165, 1.54) is 24.2 Å². The minimum atomic E-state index is -0.358. The van der Waals surface area contributed by atoms with Crippen LogP contribution in [0.25, 0.3) is 16.7 Å². The molecule has 2 heterocycles. The Labute approximate surface area is 164 Å². The Morgan fingerprint density at radius 1 is 1.19 bits per heavy atom. The number of nitrogens with one attached hydrogen (secondary N) is 1. The average molecular weight is 396 g/mol. The molecular weight excluding hydrogens is 382 g/mol. The van der Waals surface area contributed by atoms with Crippen LogP contribution in [0.15, 0.2) is 78.0 Å². The first-order chi connectivity index (χ1) is 13.1. The topological polar surface area (TPSA) is 70.9 Å². The van der Waals surface area contributed by atoms with E-state index < -0.39 is 0 Å². The van der Waals surface area contributed by atoms with Crippen LogP contribution in [0.5, 0.6) is 0 Å². The molecule has 2 aromatic carbocycles. The van der Waals surface area contributed by atoms with Crippen LogP contribution in [0.3, 0.4) is 0 Å². The summed E-state index contributed by atoms with van der Waals surface area (Å²) in [4.78, 5) is 13.3. The summed E-state index contributed by atoms with van der Waals surface area (Å²) in [5.74, 6) is -0.488. The van der Waals surface area contributed by atoms with Crippen molar-refractivity contribution in [3.05, 3.63) is 89.3 Å². The van der Waals surface area contributed by atoms with Crippen molar-refractivity contribution in [1.29, 1.82) is 0 Å². The Kier molecular flexibility index (Phi) is 4.75. The smallest absolute Gasteiger partial charge is 0.207 e. The van der Waals surface area contributed by atoms with E-state index in [-0.39, 0.29) is 11.5 Å². The maximum absolute atomic E-state index is 12.2. The van der Waals surface area contributed by atoms with Crippen molar-refractivity contribution in [3.8, 4) is 0 Å². The fourth-order valence-electron chi connectivity index (χ4n) is 2.72. The first kappa shape index (κ1) is 17.5. The van der Waals surface area contributed by atoms with Crippen LogP contribution < -0.4 is 0 Å². The molecule has 0 bridgehead atoms. The van der Waals surface area contributed by atoms with Crippen LogP contribution in [0.4, 0.5) is 0 Å². The highest BCUT2D eigenvalue weighted by Crippen LogP contribution is 2.33. The third kappa shape index (κ3) is 3.63. The number of rotatable bonds is 5. The first-order valence-electron chi connectivity index (χ1n) is 8.10. The molecule has 27 heavy (non-hydrogen) atoms. The number of aliphatic hydroxyl groups is 1. The number of allylic oxidation sites excluding steroid dienone is 1. The lowest BCUT2D eigenvalue weighted by molar-refractivity contribution is 0.104. The minimum absolute atomic E-state index is 0.130. The molecule has 0 amide bonds. The van der Waals surface area contributed by atoms with Gasteiger partial charge in [-0.2, -0.15) is 5.10 Å². The average Bonchev–Trinajstić information content (AvgIpc) is 3.31. The van der Waals surface area contributed by atoms with Crippen LogP contribution in [0.2, 0.25) is 5.02 Å². The molecule has 0 spiro atoms. The van der Waals surface area contributed by atoms with Crippen molar-refractivity contribution >= 4 is 46.0 Å². The highest BCUT2D eigenvalue weighted by atomic mass is 35.5. The summed E-state index contributed by atoms with van der Waals surface area (Å²) in [5.41, 5.74) is 1.72. The predicted molar refractivity (Wildman–Crippen MR) is 108 cm³/mol. The van der Waals surface area contributed by atoms with E-state index in [0.29, 0.717) is 16.3 Å². The number of carbonyl (C=O) groups is 1. The van der Waals surface area contributed by atoms with Crippen molar-refractivity contribution in [1.82, 2.24) is 14.2 Å². The summed E-state index contributed by atoms with van der Waals surface area (Å²) in [6.45, 7) is 0. The molecule has 0 saturated heterocycles. The highest BCUT2D eigenvalue weighted by Gasteiger charge is 2.15. The molecule has 7 heteroatoms. The Morgan fingerprint density at radius 3 is 2.74 bits per heavy atom. The largest absolute Gasteiger partial charge is 0.507 e. The minimum Gasteiger partial charge on any atom is -0.507 e. The summed E-state index contributed by atoms with van der Waals surface area (Å²) in [7, 11) is 0. The monoisotopic (exact) mass is 395 g/mol. The number of hydrogen-bond acceptors (Lipinski definition) is 4. The van der Waals surface area contributed by atoms with Gasteiger partial charge in [-0.15, -0.1) is 0 Å². The predicted octanol–water partition coefficient (Wildman–Crippen LogP) is 5.36. The van der Waals surface area contributed by atoms with Gasteiger partial charge in [0, 0.05) is 39.3 Å². The number of ketones is 1. The van der Waals surface area contributed by atoms with Gasteiger partial charge in [0.2, 0.25) is 5.78 Å². The van der Waals surface area contributed by atoms with E-state index in [0.717, 1.165) is 15.8 Å². The second kappa shape index (κ2) is 7.34. The highest BCUT2D eigenvalue weighted by molar-refractivity contribution is 7.98. The molecular formula is C20H14ClN3O2S. The third-order valence-electron chi connectivity index (χ3n) is 3.99. The van der Waals surface area contributed by atoms with Crippen molar-refractivity contribution in [3.63, 3.8) is 0 Å². The maximum Gasteiger partial charge on any atom is 0.207 e. The zero-order valence-corrected chi connectivity index (χ0v) is 15.5. The number of aliphatic hydroxyl groups excluding tert-OH is 1. The van der Waals surface area contributed by atoms with Gasteiger partial charge in [0.05, 0.1) is 5.52 Å². The van der Waals surface area contributed by atoms with Crippen molar-refractivity contribution in [2.75, 3.05) is 0 Å². The number of aromatic nitrogens is 3. The normalized spacial score (nSPS) is 11.8. The SMILES string of the molecule is O=C(C=C(O)c1cn(Sc2ccccc2)c2ccc(Cl)cc12)c1ccn[nH]1. The number of aromatic amines is 1. The van der Waals surface area contributed by atoms with Crippen LogP contribution in [-0.4, -0.2) is 25.1 Å². The molecule has 0 radical (unpaired) electrons. The zero-order valence-electron chi connectivity index (χ0n) is 14.0. The van der Waals surface area contributed by atoms with Crippen LogP contribution in [-0.2, 0) is 0 Å². The van der Waals surface area contributed by atoms with Crippen LogP contribution >= 0.6 is 23.5 Å². The van der Waals surface area contributed by atoms with Gasteiger partial charge in [-0.25, -0.2) is 0 Å².